The highest BCUT2D eigenvalue weighted by atomic mass is 16.5. The minimum Gasteiger partial charge on any atom is -0.507 e. The van der Waals surface area contributed by atoms with Crippen LogP contribution in [-0.4, -0.2) is 11.1 Å². The van der Waals surface area contributed by atoms with Crippen LogP contribution in [0.15, 0.2) is 43.0 Å². The minimum atomic E-state index is -0.479. The molecular weight excluding hydrogens is 288 g/mol. The maximum atomic E-state index is 12.1. The number of phenolic OH excluding ortho intramolecular Hbond substituents is 1. The Morgan fingerprint density at radius 3 is 2.30 bits per heavy atom. The van der Waals surface area contributed by atoms with Crippen molar-refractivity contribution >= 4 is 11.5 Å². The Morgan fingerprint density at radius 2 is 1.70 bits per heavy atom. The fraction of sp³-hybridized carbons (Fsp3) is 0.250. The van der Waals surface area contributed by atoms with E-state index in [9.17, 15) is 9.90 Å². The molecule has 0 bridgehead atoms. The number of rotatable bonds is 5. The summed E-state index contributed by atoms with van der Waals surface area (Å²) in [6.07, 6.45) is 0.727. The van der Waals surface area contributed by atoms with Crippen molar-refractivity contribution in [3.63, 3.8) is 0 Å². The summed E-state index contributed by atoms with van der Waals surface area (Å²) in [6, 6.07) is 11.3. The van der Waals surface area contributed by atoms with Crippen LogP contribution in [0.25, 0.3) is 5.57 Å². The molecule has 2 rings (SSSR count). The number of ether oxygens (including phenoxy) is 1. The summed E-state index contributed by atoms with van der Waals surface area (Å²) in [5.74, 6) is -0.278. The highest BCUT2D eigenvalue weighted by Crippen LogP contribution is 2.26. The molecule has 0 amide bonds. The first-order valence-corrected chi connectivity index (χ1v) is 7.66. The summed E-state index contributed by atoms with van der Waals surface area (Å²) >= 11 is 0. The molecule has 0 heterocycles. The van der Waals surface area contributed by atoms with Crippen molar-refractivity contribution in [2.24, 2.45) is 0 Å². The Balaban J connectivity index is 2.09. The Bertz CT molecular complexity index is 727. The first-order valence-electron chi connectivity index (χ1n) is 7.66. The molecule has 3 heteroatoms. The number of carbonyl (C=O) groups excluding carboxylic acids is 1. The lowest BCUT2D eigenvalue weighted by molar-refractivity contribution is -0.137. The predicted octanol–water partition coefficient (Wildman–Crippen LogP) is 4.33. The molecule has 2 aromatic carbocycles. The van der Waals surface area contributed by atoms with Gasteiger partial charge in [-0.3, -0.25) is 0 Å². The molecule has 0 fully saturated rings. The molecule has 1 N–H and O–H groups in total. The first-order chi connectivity index (χ1) is 10.9. The van der Waals surface area contributed by atoms with E-state index in [1.165, 1.54) is 0 Å². The monoisotopic (exact) mass is 310 g/mol. The van der Waals surface area contributed by atoms with Crippen molar-refractivity contribution < 1.29 is 14.6 Å². The zero-order valence-electron chi connectivity index (χ0n) is 13.8. The van der Waals surface area contributed by atoms with E-state index in [2.05, 4.69) is 6.58 Å². The van der Waals surface area contributed by atoms with Crippen LogP contribution in [0.1, 0.15) is 34.7 Å². The fourth-order valence-corrected chi connectivity index (χ4v) is 2.42. The van der Waals surface area contributed by atoms with E-state index < -0.39 is 5.97 Å². The SMILES string of the molecule is C=C(C(=O)OCc1cc(C)cc(CC)c1O)c1ccc(C)cc1. The van der Waals surface area contributed by atoms with Gasteiger partial charge in [0.1, 0.15) is 12.4 Å². The third-order valence-electron chi connectivity index (χ3n) is 3.80. The minimum absolute atomic E-state index is 0.0320. The van der Waals surface area contributed by atoms with Gasteiger partial charge in [0, 0.05) is 5.56 Å². The van der Waals surface area contributed by atoms with Crippen LogP contribution in [0, 0.1) is 13.8 Å². The second-order valence-electron chi connectivity index (χ2n) is 5.71. The number of hydrogen-bond donors (Lipinski definition) is 1. The van der Waals surface area contributed by atoms with Gasteiger partial charge in [0.2, 0.25) is 0 Å². The topological polar surface area (TPSA) is 46.5 Å². The third kappa shape index (κ3) is 4.01. The quantitative estimate of drug-likeness (QED) is 0.660. The van der Waals surface area contributed by atoms with Gasteiger partial charge in [0.05, 0.1) is 5.57 Å². The van der Waals surface area contributed by atoms with Gasteiger partial charge in [-0.05, 0) is 37.5 Å². The lowest BCUT2D eigenvalue weighted by atomic mass is 10.0. The van der Waals surface area contributed by atoms with Crippen LogP contribution in [-0.2, 0) is 22.6 Å². The summed E-state index contributed by atoms with van der Waals surface area (Å²) in [5.41, 5.74) is 4.67. The number of hydrogen-bond acceptors (Lipinski definition) is 3. The molecule has 23 heavy (non-hydrogen) atoms. The molecular formula is C20H22O3. The van der Waals surface area contributed by atoms with E-state index >= 15 is 0 Å². The molecule has 0 radical (unpaired) electrons. The largest absolute Gasteiger partial charge is 0.507 e. The summed E-state index contributed by atoms with van der Waals surface area (Å²) in [4.78, 5) is 12.1. The molecule has 0 atom stereocenters. The number of phenols is 1. The second-order valence-corrected chi connectivity index (χ2v) is 5.71. The van der Waals surface area contributed by atoms with Crippen molar-refractivity contribution in [1.82, 2.24) is 0 Å². The number of esters is 1. The third-order valence-corrected chi connectivity index (χ3v) is 3.80. The second kappa shape index (κ2) is 7.14. The van der Waals surface area contributed by atoms with E-state index in [0.29, 0.717) is 11.1 Å². The van der Waals surface area contributed by atoms with Crippen molar-refractivity contribution in [3.8, 4) is 5.75 Å². The summed E-state index contributed by atoms with van der Waals surface area (Å²) in [7, 11) is 0. The normalized spacial score (nSPS) is 10.4. The van der Waals surface area contributed by atoms with Gasteiger partial charge in [0.25, 0.3) is 0 Å². The van der Waals surface area contributed by atoms with Crippen molar-refractivity contribution in [1.29, 1.82) is 0 Å². The molecule has 0 spiro atoms. The standard InChI is InChI=1S/C20H22O3/c1-5-16-10-14(3)11-18(19(16)21)12-23-20(22)15(4)17-8-6-13(2)7-9-17/h6-11,21H,4-5,12H2,1-3H3. The van der Waals surface area contributed by atoms with E-state index in [0.717, 1.165) is 28.7 Å². The molecule has 3 nitrogen and oxygen atoms in total. The van der Waals surface area contributed by atoms with Crippen molar-refractivity contribution in [3.05, 3.63) is 70.8 Å². The molecule has 0 aliphatic rings. The number of aryl methyl sites for hydroxylation is 3. The molecule has 0 aromatic heterocycles. The number of carbonyl (C=O) groups is 1. The molecule has 0 aliphatic carbocycles. The van der Waals surface area contributed by atoms with Gasteiger partial charge >= 0.3 is 5.97 Å². The Labute approximate surface area is 137 Å². The molecule has 120 valence electrons. The molecule has 0 unspecified atom stereocenters. The number of aromatic hydroxyl groups is 1. The van der Waals surface area contributed by atoms with E-state index in [4.69, 9.17) is 4.74 Å². The van der Waals surface area contributed by atoms with Crippen LogP contribution < -0.4 is 0 Å². The van der Waals surface area contributed by atoms with Crippen molar-refractivity contribution in [2.75, 3.05) is 0 Å². The highest BCUT2D eigenvalue weighted by molar-refractivity contribution is 6.15. The summed E-state index contributed by atoms with van der Waals surface area (Å²) < 4.78 is 5.31. The van der Waals surface area contributed by atoms with Crippen LogP contribution >= 0.6 is 0 Å². The molecule has 2 aromatic rings. The van der Waals surface area contributed by atoms with Gasteiger partial charge in [-0.25, -0.2) is 4.79 Å². The maximum absolute atomic E-state index is 12.1. The van der Waals surface area contributed by atoms with Gasteiger partial charge in [-0.2, -0.15) is 0 Å². The summed E-state index contributed by atoms with van der Waals surface area (Å²) in [5, 5.41) is 10.2. The van der Waals surface area contributed by atoms with Gasteiger partial charge in [-0.15, -0.1) is 0 Å². The van der Waals surface area contributed by atoms with Gasteiger partial charge < -0.3 is 9.84 Å². The zero-order chi connectivity index (χ0) is 17.0. The zero-order valence-corrected chi connectivity index (χ0v) is 13.8. The fourth-order valence-electron chi connectivity index (χ4n) is 2.42. The van der Waals surface area contributed by atoms with Crippen molar-refractivity contribution in [2.45, 2.75) is 33.8 Å². The maximum Gasteiger partial charge on any atom is 0.338 e. The molecule has 0 saturated heterocycles. The Morgan fingerprint density at radius 1 is 1.09 bits per heavy atom. The van der Waals surface area contributed by atoms with E-state index in [-0.39, 0.29) is 12.4 Å². The summed E-state index contributed by atoms with van der Waals surface area (Å²) in [6.45, 7) is 9.75. The lowest BCUT2D eigenvalue weighted by Crippen LogP contribution is -2.07. The van der Waals surface area contributed by atoms with E-state index in [1.54, 1.807) is 0 Å². The average molecular weight is 310 g/mol. The Kier molecular flexibility index (Phi) is 5.22. The average Bonchev–Trinajstić information content (AvgIpc) is 2.55. The molecule has 0 saturated carbocycles. The van der Waals surface area contributed by atoms with Crippen LogP contribution in [0.4, 0.5) is 0 Å². The van der Waals surface area contributed by atoms with Crippen LogP contribution in [0.3, 0.4) is 0 Å². The lowest BCUT2D eigenvalue weighted by Gasteiger charge is -2.12. The van der Waals surface area contributed by atoms with Crippen LogP contribution in [0.5, 0.6) is 5.75 Å². The van der Waals surface area contributed by atoms with Gasteiger partial charge in [-0.1, -0.05) is 55.0 Å². The van der Waals surface area contributed by atoms with Crippen LogP contribution in [0.2, 0.25) is 0 Å². The van der Waals surface area contributed by atoms with E-state index in [1.807, 2.05) is 57.2 Å². The number of benzene rings is 2. The highest BCUT2D eigenvalue weighted by Gasteiger charge is 2.14. The smallest absolute Gasteiger partial charge is 0.338 e. The van der Waals surface area contributed by atoms with Gasteiger partial charge in [0.15, 0.2) is 0 Å². The molecule has 0 aliphatic heterocycles. The first kappa shape index (κ1) is 16.8. The predicted molar refractivity (Wildman–Crippen MR) is 92.2 cm³/mol. The Hall–Kier alpha value is -2.55.